The number of hydrogen-bond acceptors (Lipinski definition) is 6. The van der Waals surface area contributed by atoms with Crippen LogP contribution in [0.5, 0.6) is 0 Å². The molecule has 2 aromatic heterocycles. The van der Waals surface area contributed by atoms with Crippen LogP contribution in [-0.4, -0.2) is 63.4 Å². The molecule has 1 aliphatic rings. The summed E-state index contributed by atoms with van der Waals surface area (Å²) in [4.78, 5) is 37.8. The summed E-state index contributed by atoms with van der Waals surface area (Å²) in [6, 6.07) is 15.9. The first kappa shape index (κ1) is 30.3. The zero-order valence-electron chi connectivity index (χ0n) is 24.6. The highest BCUT2D eigenvalue weighted by Crippen LogP contribution is 2.20. The quantitative estimate of drug-likeness (QED) is 0.280. The predicted molar refractivity (Wildman–Crippen MR) is 164 cm³/mol. The number of benzene rings is 2. The van der Waals surface area contributed by atoms with Crippen LogP contribution >= 0.6 is 0 Å². The maximum atomic E-state index is 13.5. The van der Waals surface area contributed by atoms with Crippen molar-refractivity contribution in [3.8, 4) is 0 Å². The Balaban J connectivity index is 1.22. The van der Waals surface area contributed by atoms with Crippen LogP contribution < -0.4 is 21.8 Å². The molecule has 0 bridgehead atoms. The van der Waals surface area contributed by atoms with Gasteiger partial charge in [0.05, 0.1) is 37.9 Å². The minimum absolute atomic E-state index is 0.0514. The van der Waals surface area contributed by atoms with Gasteiger partial charge in [0.2, 0.25) is 0 Å². The Morgan fingerprint density at radius 1 is 1.05 bits per heavy atom. The van der Waals surface area contributed by atoms with Crippen molar-refractivity contribution >= 4 is 12.2 Å². The number of morpholine rings is 1. The normalized spacial score (nSPS) is 16.8. The largest absolute Gasteiger partial charge is 0.374 e. The molecule has 0 saturated carbocycles. The molecule has 43 heavy (non-hydrogen) atoms. The number of H-pyrrole nitrogens is 2. The third-order valence-electron chi connectivity index (χ3n) is 7.39. The van der Waals surface area contributed by atoms with E-state index < -0.39 is 16.9 Å². The van der Waals surface area contributed by atoms with E-state index in [4.69, 9.17) is 9.47 Å². The average Bonchev–Trinajstić information content (AvgIpc) is 3.39. The molecule has 1 saturated heterocycles. The van der Waals surface area contributed by atoms with Gasteiger partial charge in [-0.3, -0.25) is 14.5 Å². The lowest BCUT2D eigenvalue weighted by Gasteiger charge is -2.32. The Hall–Kier alpha value is -4.12. The van der Waals surface area contributed by atoms with Crippen molar-refractivity contribution in [2.75, 3.05) is 32.8 Å². The molecule has 0 radical (unpaired) electrons. The Bertz CT molecular complexity index is 1750. The lowest BCUT2D eigenvalue weighted by molar-refractivity contribution is -0.0724. The van der Waals surface area contributed by atoms with Crippen molar-refractivity contribution in [2.24, 2.45) is 0 Å². The predicted octanol–water partition coefficient (Wildman–Crippen LogP) is 2.49. The molecule has 1 atom stereocenters. The lowest BCUT2D eigenvalue weighted by atomic mass is 10.1. The number of ether oxygens (including phenoxy) is 2. The van der Waals surface area contributed by atoms with Gasteiger partial charge in [-0.2, -0.15) is 0 Å². The van der Waals surface area contributed by atoms with E-state index in [0.717, 1.165) is 43.9 Å². The molecule has 1 aliphatic heterocycles. The number of aromatic nitrogens is 4. The first-order chi connectivity index (χ1) is 20.9. The van der Waals surface area contributed by atoms with Crippen molar-refractivity contribution in [2.45, 2.75) is 45.4 Å². The summed E-state index contributed by atoms with van der Waals surface area (Å²) in [6.07, 6.45) is 5.82. The number of halogens is 1. The van der Waals surface area contributed by atoms with Gasteiger partial charge in [0.15, 0.2) is 0 Å². The van der Waals surface area contributed by atoms with E-state index in [2.05, 4.69) is 50.4 Å². The van der Waals surface area contributed by atoms with Crippen LogP contribution in [0.15, 0.2) is 70.5 Å². The molecule has 3 heterocycles. The highest BCUT2D eigenvalue weighted by molar-refractivity contribution is 5.49. The van der Waals surface area contributed by atoms with Crippen LogP contribution in [0.1, 0.15) is 48.7 Å². The van der Waals surface area contributed by atoms with Gasteiger partial charge in [0.1, 0.15) is 16.5 Å². The summed E-state index contributed by atoms with van der Waals surface area (Å²) in [7, 11) is 0. The van der Waals surface area contributed by atoms with E-state index in [1.165, 1.54) is 18.2 Å². The van der Waals surface area contributed by atoms with Gasteiger partial charge in [-0.1, -0.05) is 56.3 Å². The minimum Gasteiger partial charge on any atom is -0.374 e. The molecule has 0 amide bonds. The third-order valence-corrected chi connectivity index (χ3v) is 7.39. The number of aromatic amines is 2. The molecule has 226 valence electrons. The van der Waals surface area contributed by atoms with E-state index in [1.54, 1.807) is 24.5 Å². The summed E-state index contributed by atoms with van der Waals surface area (Å²) < 4.78 is 27.5. The van der Waals surface area contributed by atoms with E-state index >= 15 is 0 Å². The minimum atomic E-state index is -0.477. The zero-order chi connectivity index (χ0) is 30.2. The first-order valence-corrected chi connectivity index (χ1v) is 14.7. The highest BCUT2D eigenvalue weighted by atomic mass is 19.1. The Kier molecular flexibility index (Phi) is 10.1. The molecular weight excluding hydrogens is 549 g/mol. The van der Waals surface area contributed by atoms with Crippen LogP contribution in [-0.2, 0) is 22.6 Å². The number of nitrogens with one attached hydrogen (secondary N) is 2. The van der Waals surface area contributed by atoms with Gasteiger partial charge in [0, 0.05) is 31.9 Å². The molecule has 9 nitrogen and oxygen atoms in total. The molecule has 1 fully saturated rings. The second-order valence-electron chi connectivity index (χ2n) is 11.1. The van der Waals surface area contributed by atoms with Gasteiger partial charge >= 0.3 is 0 Å². The molecular formula is C33H38FN5O4. The molecule has 0 spiro atoms. The van der Waals surface area contributed by atoms with Crippen LogP contribution in [0, 0.1) is 5.82 Å². The van der Waals surface area contributed by atoms with Gasteiger partial charge in [-0.15, -0.1) is 0 Å². The van der Waals surface area contributed by atoms with E-state index in [1.807, 2.05) is 18.2 Å². The van der Waals surface area contributed by atoms with Crippen molar-refractivity contribution in [3.05, 3.63) is 121 Å². The molecule has 1 unspecified atom stereocenters. The van der Waals surface area contributed by atoms with Crippen molar-refractivity contribution in [3.63, 3.8) is 0 Å². The third kappa shape index (κ3) is 8.25. The smallest absolute Gasteiger partial charge is 0.272 e. The zero-order valence-corrected chi connectivity index (χ0v) is 24.6. The SMILES string of the molecule is CC(C)c1c(/C=c2\[nH]c(=O)/c(=C/c3cccc(F)c3)[nH]c2=O)ncn1CCCN1CCOC(COCc2ccccc2)C1. The molecule has 4 aromatic rings. The number of aryl methyl sites for hydroxylation is 1. The lowest BCUT2D eigenvalue weighted by Crippen LogP contribution is -2.46. The fourth-order valence-electron chi connectivity index (χ4n) is 5.35. The first-order valence-electron chi connectivity index (χ1n) is 14.7. The van der Waals surface area contributed by atoms with Crippen LogP contribution in [0.25, 0.3) is 12.2 Å². The highest BCUT2D eigenvalue weighted by Gasteiger charge is 2.21. The number of imidazole rings is 1. The summed E-state index contributed by atoms with van der Waals surface area (Å²) >= 11 is 0. The molecule has 10 heteroatoms. The van der Waals surface area contributed by atoms with Crippen molar-refractivity contribution < 1.29 is 13.9 Å². The molecule has 2 N–H and O–H groups in total. The van der Waals surface area contributed by atoms with Gasteiger partial charge in [-0.25, -0.2) is 9.37 Å². The van der Waals surface area contributed by atoms with Crippen molar-refractivity contribution in [1.29, 1.82) is 0 Å². The summed E-state index contributed by atoms with van der Waals surface area (Å²) in [5.74, 6) is -0.276. The standard InChI is InChI=1S/C33H38FN5O4/c1-23(2)31-28(18-30-33(41)36-29(32(40)37-30)17-25-10-6-11-26(34)16-25)35-22-39(31)13-7-12-38-14-15-43-27(19-38)21-42-20-24-8-4-3-5-9-24/h3-6,8-11,16-18,22-23,27H,7,12-15,19-21H2,1-2H3,(H,36,41)(H,37,40)/b29-17-,30-18-. The van der Waals surface area contributed by atoms with E-state index in [0.29, 0.717) is 31.1 Å². The maximum absolute atomic E-state index is 13.5. The van der Waals surface area contributed by atoms with Gasteiger partial charge in [0.25, 0.3) is 11.1 Å². The van der Waals surface area contributed by atoms with Gasteiger partial charge in [-0.05, 0) is 47.8 Å². The molecule has 2 aromatic carbocycles. The van der Waals surface area contributed by atoms with E-state index in [9.17, 15) is 14.0 Å². The molecule has 0 aliphatic carbocycles. The van der Waals surface area contributed by atoms with Crippen LogP contribution in [0.2, 0.25) is 0 Å². The fourth-order valence-corrected chi connectivity index (χ4v) is 5.35. The monoisotopic (exact) mass is 587 g/mol. The average molecular weight is 588 g/mol. The fraction of sp³-hybridized carbons (Fsp3) is 0.364. The summed E-state index contributed by atoms with van der Waals surface area (Å²) in [5.41, 5.74) is 2.32. The second kappa shape index (κ2) is 14.4. The topological polar surface area (TPSA) is 105 Å². The van der Waals surface area contributed by atoms with Crippen LogP contribution in [0.3, 0.4) is 0 Å². The Morgan fingerprint density at radius 3 is 2.56 bits per heavy atom. The van der Waals surface area contributed by atoms with Gasteiger partial charge < -0.3 is 24.0 Å². The number of nitrogens with zero attached hydrogens (tertiary/aromatic N) is 3. The maximum Gasteiger partial charge on any atom is 0.272 e. The van der Waals surface area contributed by atoms with E-state index in [-0.39, 0.29) is 22.7 Å². The Labute approximate surface area is 249 Å². The Morgan fingerprint density at radius 2 is 1.81 bits per heavy atom. The summed E-state index contributed by atoms with van der Waals surface area (Å²) in [5, 5.41) is 0.165. The summed E-state index contributed by atoms with van der Waals surface area (Å²) in [6.45, 7) is 9.40. The number of rotatable bonds is 11. The molecule has 5 rings (SSSR count). The number of hydrogen-bond donors (Lipinski definition) is 2. The van der Waals surface area contributed by atoms with Crippen LogP contribution in [0.4, 0.5) is 4.39 Å². The van der Waals surface area contributed by atoms with Crippen molar-refractivity contribution in [1.82, 2.24) is 24.4 Å². The second-order valence-corrected chi connectivity index (χ2v) is 11.1.